The van der Waals surface area contributed by atoms with Crippen molar-refractivity contribution in [2.24, 2.45) is 0 Å². The first-order valence-electron chi connectivity index (χ1n) is 20.2. The number of fused-ring (bicyclic) bond motifs is 9. The summed E-state index contributed by atoms with van der Waals surface area (Å²) in [4.78, 5) is 2.34. The van der Waals surface area contributed by atoms with Crippen LogP contribution in [0.5, 0.6) is 0 Å². The lowest BCUT2D eigenvalue weighted by atomic mass is 9.93. The molecule has 0 radical (unpaired) electrons. The third-order valence-electron chi connectivity index (χ3n) is 12.0. The Morgan fingerprint density at radius 2 is 1.00 bits per heavy atom. The van der Waals surface area contributed by atoms with E-state index in [1.807, 2.05) is 6.07 Å². The molecule has 0 unspecified atom stereocenters. The maximum Gasteiger partial charge on any atom is 0.159 e. The fourth-order valence-corrected chi connectivity index (χ4v) is 9.33. The smallest absolute Gasteiger partial charge is 0.159 e. The number of hydrogen-bond donors (Lipinski definition) is 0. The monoisotopic (exact) mass is 752 g/mol. The van der Waals surface area contributed by atoms with Gasteiger partial charge >= 0.3 is 0 Å². The molecule has 0 aliphatic rings. The minimum absolute atomic E-state index is 0.856. The fourth-order valence-electron chi connectivity index (χ4n) is 9.33. The van der Waals surface area contributed by atoms with Crippen LogP contribution >= 0.6 is 0 Å². The van der Waals surface area contributed by atoms with Gasteiger partial charge in [-0.3, -0.25) is 0 Å². The average molecular weight is 753 g/mol. The third kappa shape index (κ3) is 5.29. The van der Waals surface area contributed by atoms with E-state index in [9.17, 15) is 0 Å². The molecule has 59 heavy (non-hydrogen) atoms. The maximum atomic E-state index is 6.70. The van der Waals surface area contributed by atoms with E-state index >= 15 is 0 Å². The summed E-state index contributed by atoms with van der Waals surface area (Å²) in [5.74, 6) is 0. The molecule has 0 N–H and O–H groups in total. The first-order chi connectivity index (χ1) is 29.3. The van der Waals surface area contributed by atoms with Crippen molar-refractivity contribution in [2.75, 3.05) is 4.90 Å². The normalized spacial score (nSPS) is 11.7. The molecule has 2 aromatic heterocycles. The summed E-state index contributed by atoms with van der Waals surface area (Å²) in [6.07, 6.45) is 0. The minimum Gasteiger partial charge on any atom is -0.454 e. The summed E-state index contributed by atoms with van der Waals surface area (Å²) in [7, 11) is 0. The number of benzene rings is 10. The molecule has 12 rings (SSSR count). The van der Waals surface area contributed by atoms with Gasteiger partial charge in [-0.25, -0.2) is 0 Å². The molecule has 2 heterocycles. The SMILES string of the molecule is c1ccc(-c2ccc(N(c3cccc(-n4c5cccc(-c6cccc7ccccc67)c5c5c6ccccc6ccc54)c3)c3cccc4c3oc3ccccc34)cc2)cc1. The zero-order valence-corrected chi connectivity index (χ0v) is 32.1. The highest BCUT2D eigenvalue weighted by Crippen LogP contribution is 2.46. The van der Waals surface area contributed by atoms with E-state index in [1.54, 1.807) is 0 Å². The summed E-state index contributed by atoms with van der Waals surface area (Å²) in [5.41, 5.74) is 13.0. The first-order valence-corrected chi connectivity index (χ1v) is 20.2. The van der Waals surface area contributed by atoms with Gasteiger partial charge in [0.25, 0.3) is 0 Å². The van der Waals surface area contributed by atoms with Crippen molar-refractivity contribution in [3.8, 4) is 27.9 Å². The molecule has 0 spiro atoms. The Morgan fingerprint density at radius 1 is 0.373 bits per heavy atom. The van der Waals surface area contributed by atoms with Crippen molar-refractivity contribution in [2.45, 2.75) is 0 Å². The van der Waals surface area contributed by atoms with Crippen LogP contribution in [-0.4, -0.2) is 4.57 Å². The van der Waals surface area contributed by atoms with Crippen LogP contribution in [0.15, 0.2) is 223 Å². The quantitative estimate of drug-likeness (QED) is 0.169. The van der Waals surface area contributed by atoms with Gasteiger partial charge in [0.2, 0.25) is 0 Å². The second-order valence-electron chi connectivity index (χ2n) is 15.3. The summed E-state index contributed by atoms with van der Waals surface area (Å²) in [6.45, 7) is 0. The van der Waals surface area contributed by atoms with Crippen molar-refractivity contribution < 1.29 is 4.42 Å². The van der Waals surface area contributed by atoms with Crippen LogP contribution in [0.3, 0.4) is 0 Å². The molecule has 10 aromatic carbocycles. The van der Waals surface area contributed by atoms with Crippen LogP contribution in [0, 0.1) is 0 Å². The molecular formula is C56H36N2O. The molecule has 0 saturated carbocycles. The molecule has 0 fully saturated rings. The Balaban J connectivity index is 1.11. The minimum atomic E-state index is 0.856. The number of rotatable bonds is 6. The van der Waals surface area contributed by atoms with Crippen molar-refractivity contribution in [3.63, 3.8) is 0 Å². The second kappa shape index (κ2) is 13.4. The lowest BCUT2D eigenvalue weighted by Crippen LogP contribution is -2.11. The molecular weight excluding hydrogens is 717 g/mol. The number of furan rings is 1. The fraction of sp³-hybridized carbons (Fsp3) is 0. The Bertz CT molecular complexity index is 3550. The van der Waals surface area contributed by atoms with E-state index in [1.165, 1.54) is 60.1 Å². The van der Waals surface area contributed by atoms with Gasteiger partial charge in [-0.05, 0) is 98.4 Å². The number of para-hydroxylation sites is 2. The number of aromatic nitrogens is 1. The molecule has 0 saturated heterocycles. The van der Waals surface area contributed by atoms with Crippen molar-refractivity contribution >= 4 is 82.4 Å². The van der Waals surface area contributed by atoms with E-state index in [-0.39, 0.29) is 0 Å². The van der Waals surface area contributed by atoms with Crippen molar-refractivity contribution in [1.82, 2.24) is 4.57 Å². The van der Waals surface area contributed by atoms with Gasteiger partial charge in [0.05, 0.1) is 16.7 Å². The predicted molar refractivity (Wildman–Crippen MR) is 249 cm³/mol. The number of nitrogens with zero attached hydrogens (tertiary/aromatic N) is 2. The van der Waals surface area contributed by atoms with Crippen LogP contribution in [0.1, 0.15) is 0 Å². The van der Waals surface area contributed by atoms with Crippen LogP contribution in [-0.2, 0) is 0 Å². The number of anilines is 3. The van der Waals surface area contributed by atoms with Gasteiger partial charge in [0.15, 0.2) is 5.58 Å². The Morgan fingerprint density at radius 3 is 1.86 bits per heavy atom. The zero-order chi connectivity index (χ0) is 38.9. The molecule has 276 valence electrons. The average Bonchev–Trinajstić information content (AvgIpc) is 3.87. The largest absolute Gasteiger partial charge is 0.454 e. The highest BCUT2D eigenvalue weighted by molar-refractivity contribution is 6.26. The van der Waals surface area contributed by atoms with E-state index in [2.05, 4.69) is 222 Å². The van der Waals surface area contributed by atoms with Gasteiger partial charge in [0.1, 0.15) is 5.58 Å². The Kier molecular flexibility index (Phi) is 7.54. The molecule has 0 atom stereocenters. The molecule has 0 bridgehead atoms. The maximum absolute atomic E-state index is 6.70. The second-order valence-corrected chi connectivity index (χ2v) is 15.3. The standard InChI is InChI=1S/C56H36N2O/c1-2-14-37(15-3-1)38-30-33-41(34-31-38)57(52-28-13-26-49-47-23-8-9-29-53(47)59-56(49)52)42-19-11-20-43(36-42)58-50-27-12-25-48(46-24-10-18-39-16-4-6-21-44(39)46)55(50)54-45-22-7-5-17-40(45)32-35-51(54)58/h1-36H. The highest BCUT2D eigenvalue weighted by Gasteiger charge is 2.23. The first kappa shape index (κ1) is 33.3. The van der Waals surface area contributed by atoms with E-state index < -0.39 is 0 Å². The van der Waals surface area contributed by atoms with Crippen LogP contribution in [0.2, 0.25) is 0 Å². The lowest BCUT2D eigenvalue weighted by molar-refractivity contribution is 0.669. The summed E-state index contributed by atoms with van der Waals surface area (Å²) < 4.78 is 9.15. The van der Waals surface area contributed by atoms with E-state index in [4.69, 9.17) is 4.42 Å². The van der Waals surface area contributed by atoms with Gasteiger partial charge in [-0.1, -0.05) is 164 Å². The van der Waals surface area contributed by atoms with Crippen LogP contribution in [0.25, 0.3) is 93.2 Å². The van der Waals surface area contributed by atoms with Crippen LogP contribution in [0.4, 0.5) is 17.1 Å². The molecule has 0 aliphatic heterocycles. The topological polar surface area (TPSA) is 21.3 Å². The van der Waals surface area contributed by atoms with Gasteiger partial charge < -0.3 is 13.9 Å². The summed E-state index contributed by atoms with van der Waals surface area (Å²) in [5, 5.41) is 9.67. The Labute approximate surface area is 341 Å². The molecule has 0 amide bonds. The van der Waals surface area contributed by atoms with Gasteiger partial charge in [-0.2, -0.15) is 0 Å². The van der Waals surface area contributed by atoms with E-state index in [0.29, 0.717) is 0 Å². The molecule has 3 nitrogen and oxygen atoms in total. The molecule has 12 aromatic rings. The van der Waals surface area contributed by atoms with Crippen molar-refractivity contribution in [1.29, 1.82) is 0 Å². The third-order valence-corrected chi connectivity index (χ3v) is 12.0. The summed E-state index contributed by atoms with van der Waals surface area (Å²) in [6, 6.07) is 78.7. The summed E-state index contributed by atoms with van der Waals surface area (Å²) >= 11 is 0. The Hall–Kier alpha value is -7.88. The van der Waals surface area contributed by atoms with Gasteiger partial charge in [-0.15, -0.1) is 0 Å². The van der Waals surface area contributed by atoms with Gasteiger partial charge in [0, 0.05) is 38.6 Å². The van der Waals surface area contributed by atoms with Crippen LogP contribution < -0.4 is 4.90 Å². The predicted octanol–water partition coefficient (Wildman–Crippen LogP) is 15.8. The highest BCUT2D eigenvalue weighted by atomic mass is 16.3. The lowest BCUT2D eigenvalue weighted by Gasteiger charge is -2.26. The molecule has 3 heteroatoms. The van der Waals surface area contributed by atoms with E-state index in [0.717, 1.165) is 50.2 Å². The zero-order valence-electron chi connectivity index (χ0n) is 32.1. The molecule has 0 aliphatic carbocycles. The number of hydrogen-bond acceptors (Lipinski definition) is 2. The van der Waals surface area contributed by atoms with Crippen molar-refractivity contribution in [3.05, 3.63) is 218 Å².